The predicted octanol–water partition coefficient (Wildman–Crippen LogP) is 4.29. The summed E-state index contributed by atoms with van der Waals surface area (Å²) in [6, 6.07) is 17.1. The molecule has 2 atom stereocenters. The van der Waals surface area contributed by atoms with Crippen molar-refractivity contribution in [3.63, 3.8) is 0 Å². The summed E-state index contributed by atoms with van der Waals surface area (Å²) < 4.78 is 25.8. The predicted molar refractivity (Wildman–Crippen MR) is 127 cm³/mol. The van der Waals surface area contributed by atoms with Crippen molar-refractivity contribution in [3.8, 4) is 11.1 Å². The summed E-state index contributed by atoms with van der Waals surface area (Å²) in [5.74, 6) is -0.0972. The van der Waals surface area contributed by atoms with Gasteiger partial charge >= 0.3 is 0 Å². The van der Waals surface area contributed by atoms with Crippen molar-refractivity contribution in [2.45, 2.75) is 32.4 Å². The lowest BCUT2D eigenvalue weighted by Crippen LogP contribution is -2.34. The van der Waals surface area contributed by atoms with E-state index in [-0.39, 0.29) is 18.0 Å². The van der Waals surface area contributed by atoms with E-state index in [1.54, 1.807) is 36.5 Å². The molecule has 0 saturated carbocycles. The number of carbonyl (C=O) groups is 1. The van der Waals surface area contributed by atoms with E-state index in [0.29, 0.717) is 17.7 Å². The minimum absolute atomic E-state index is 0.0972. The quantitative estimate of drug-likeness (QED) is 0.583. The second-order valence-electron chi connectivity index (χ2n) is 8.41. The molecule has 166 valence electrons. The molecule has 0 unspecified atom stereocenters. The number of rotatable bonds is 5. The number of nitrogens with zero attached hydrogens (tertiary/aromatic N) is 3. The molecular formula is C25H27N3O3S. The largest absolute Gasteiger partial charge is 0.335 e. The number of benzene rings is 2. The van der Waals surface area contributed by atoms with Gasteiger partial charge in [-0.3, -0.25) is 14.1 Å². The third-order valence-electron chi connectivity index (χ3n) is 6.12. The van der Waals surface area contributed by atoms with Gasteiger partial charge in [0.1, 0.15) is 0 Å². The first-order chi connectivity index (χ1) is 15.2. The number of aromatic nitrogens is 1. The fraction of sp³-hybridized carbons (Fsp3) is 0.280. The van der Waals surface area contributed by atoms with Crippen molar-refractivity contribution >= 4 is 21.6 Å². The SMILES string of the molecule is C[C@@H]1Cc2cc(C(=O)N(C)[C@@H](C)c3cccc(-c4ccncc4)c3)ccc2N1S(C)(=O)=O. The normalized spacial score (nSPS) is 16.5. The molecule has 2 heterocycles. The molecule has 0 aliphatic carbocycles. The zero-order chi connectivity index (χ0) is 23.0. The third-order valence-corrected chi connectivity index (χ3v) is 7.39. The topological polar surface area (TPSA) is 70.6 Å². The molecule has 0 N–H and O–H groups in total. The van der Waals surface area contributed by atoms with Crippen molar-refractivity contribution < 1.29 is 13.2 Å². The molecular weight excluding hydrogens is 422 g/mol. The highest BCUT2D eigenvalue weighted by molar-refractivity contribution is 7.92. The summed E-state index contributed by atoms with van der Waals surface area (Å²) in [5, 5.41) is 0. The monoisotopic (exact) mass is 449 g/mol. The third kappa shape index (κ3) is 4.12. The van der Waals surface area contributed by atoms with Gasteiger partial charge in [-0.2, -0.15) is 0 Å². The molecule has 4 rings (SSSR count). The average Bonchev–Trinajstić information content (AvgIpc) is 3.13. The van der Waals surface area contributed by atoms with Crippen LogP contribution in [0.2, 0.25) is 0 Å². The number of amides is 1. The summed E-state index contributed by atoms with van der Waals surface area (Å²) >= 11 is 0. The molecule has 0 fully saturated rings. The van der Waals surface area contributed by atoms with Crippen molar-refractivity contribution in [1.82, 2.24) is 9.88 Å². The van der Waals surface area contributed by atoms with Crippen molar-refractivity contribution in [1.29, 1.82) is 0 Å². The number of carbonyl (C=O) groups excluding carboxylic acids is 1. The van der Waals surface area contributed by atoms with Crippen LogP contribution in [0.15, 0.2) is 67.0 Å². The van der Waals surface area contributed by atoms with Crippen LogP contribution in [-0.4, -0.2) is 43.6 Å². The molecule has 1 aromatic heterocycles. The Hall–Kier alpha value is -3.19. The maximum absolute atomic E-state index is 13.3. The second-order valence-corrected chi connectivity index (χ2v) is 10.3. The molecule has 32 heavy (non-hydrogen) atoms. The van der Waals surface area contributed by atoms with Gasteiger partial charge in [0, 0.05) is 31.0 Å². The highest BCUT2D eigenvalue weighted by Crippen LogP contribution is 2.35. The molecule has 0 bridgehead atoms. The molecule has 1 amide bonds. The van der Waals surface area contributed by atoms with E-state index >= 15 is 0 Å². The van der Waals surface area contributed by atoms with Crippen LogP contribution in [0.5, 0.6) is 0 Å². The van der Waals surface area contributed by atoms with Gasteiger partial charge in [0.2, 0.25) is 10.0 Å². The molecule has 1 aliphatic heterocycles. The van der Waals surface area contributed by atoms with E-state index in [1.807, 2.05) is 50.2 Å². The Labute approximate surface area is 189 Å². The fourth-order valence-electron chi connectivity index (χ4n) is 4.37. The van der Waals surface area contributed by atoms with Gasteiger partial charge in [-0.25, -0.2) is 8.42 Å². The minimum Gasteiger partial charge on any atom is -0.335 e. The average molecular weight is 450 g/mol. The second kappa shape index (κ2) is 8.39. The Kier molecular flexibility index (Phi) is 5.77. The van der Waals surface area contributed by atoms with Crippen LogP contribution < -0.4 is 4.31 Å². The molecule has 0 saturated heterocycles. The lowest BCUT2D eigenvalue weighted by atomic mass is 9.99. The van der Waals surface area contributed by atoms with Gasteiger partial charge in [0.25, 0.3) is 5.91 Å². The van der Waals surface area contributed by atoms with E-state index in [2.05, 4.69) is 11.1 Å². The Morgan fingerprint density at radius 1 is 1.09 bits per heavy atom. The van der Waals surface area contributed by atoms with E-state index in [9.17, 15) is 13.2 Å². The highest BCUT2D eigenvalue weighted by Gasteiger charge is 2.33. The zero-order valence-electron chi connectivity index (χ0n) is 18.7. The highest BCUT2D eigenvalue weighted by atomic mass is 32.2. The molecule has 7 heteroatoms. The van der Waals surface area contributed by atoms with Crippen LogP contribution >= 0.6 is 0 Å². The number of hydrogen-bond donors (Lipinski definition) is 0. The van der Waals surface area contributed by atoms with Gasteiger partial charge in [-0.05, 0) is 78.9 Å². The molecule has 1 aliphatic rings. The molecule has 0 radical (unpaired) electrons. The van der Waals surface area contributed by atoms with E-state index in [1.165, 1.54) is 10.6 Å². The number of hydrogen-bond acceptors (Lipinski definition) is 4. The Morgan fingerprint density at radius 3 is 2.50 bits per heavy atom. The van der Waals surface area contributed by atoms with Crippen molar-refractivity contribution in [2.75, 3.05) is 17.6 Å². The van der Waals surface area contributed by atoms with Gasteiger partial charge in [-0.15, -0.1) is 0 Å². The standard InChI is InChI=1S/C25H27N3O3S/c1-17-14-23-16-22(8-9-24(23)28(17)32(4,30)31)25(29)27(3)18(2)20-6-5-7-21(15-20)19-10-12-26-13-11-19/h5-13,15-18H,14H2,1-4H3/t17-,18+/m1/s1. The zero-order valence-corrected chi connectivity index (χ0v) is 19.5. The lowest BCUT2D eigenvalue weighted by Gasteiger charge is -2.26. The summed E-state index contributed by atoms with van der Waals surface area (Å²) in [6.07, 6.45) is 5.34. The fourth-order valence-corrected chi connectivity index (χ4v) is 5.63. The van der Waals surface area contributed by atoms with Gasteiger partial charge in [0.05, 0.1) is 18.0 Å². The van der Waals surface area contributed by atoms with Crippen molar-refractivity contribution in [2.24, 2.45) is 0 Å². The Morgan fingerprint density at radius 2 is 1.81 bits per heavy atom. The van der Waals surface area contributed by atoms with E-state index < -0.39 is 10.0 Å². The molecule has 6 nitrogen and oxygen atoms in total. The number of anilines is 1. The Balaban J connectivity index is 1.58. The summed E-state index contributed by atoms with van der Waals surface area (Å²) in [4.78, 5) is 19.1. The molecule has 0 spiro atoms. The van der Waals surface area contributed by atoms with Gasteiger partial charge in [-0.1, -0.05) is 18.2 Å². The maximum Gasteiger partial charge on any atom is 0.254 e. The van der Waals surface area contributed by atoms with E-state index in [4.69, 9.17) is 0 Å². The van der Waals surface area contributed by atoms with Crippen molar-refractivity contribution in [3.05, 3.63) is 83.7 Å². The van der Waals surface area contributed by atoms with Crippen LogP contribution in [0.25, 0.3) is 11.1 Å². The van der Waals surface area contributed by atoms with Crippen LogP contribution in [0.3, 0.4) is 0 Å². The summed E-state index contributed by atoms with van der Waals surface area (Å²) in [6.45, 7) is 3.89. The molecule has 3 aromatic rings. The minimum atomic E-state index is -3.36. The van der Waals surface area contributed by atoms with E-state index in [0.717, 1.165) is 22.3 Å². The van der Waals surface area contributed by atoms with Crippen LogP contribution in [0.1, 0.15) is 41.4 Å². The van der Waals surface area contributed by atoms with Crippen LogP contribution in [0.4, 0.5) is 5.69 Å². The first-order valence-electron chi connectivity index (χ1n) is 10.6. The first-order valence-corrected chi connectivity index (χ1v) is 12.4. The number of pyridine rings is 1. The maximum atomic E-state index is 13.3. The summed E-state index contributed by atoms with van der Waals surface area (Å²) in [5.41, 5.74) is 5.29. The summed E-state index contributed by atoms with van der Waals surface area (Å²) in [7, 11) is -1.56. The smallest absolute Gasteiger partial charge is 0.254 e. The van der Waals surface area contributed by atoms with Gasteiger partial charge in [0.15, 0.2) is 0 Å². The molecule has 2 aromatic carbocycles. The van der Waals surface area contributed by atoms with Crippen LogP contribution in [0, 0.1) is 0 Å². The van der Waals surface area contributed by atoms with Crippen LogP contribution in [-0.2, 0) is 16.4 Å². The Bertz CT molecular complexity index is 1260. The number of sulfonamides is 1. The lowest BCUT2D eigenvalue weighted by molar-refractivity contribution is 0.0742. The number of fused-ring (bicyclic) bond motifs is 1. The van der Waals surface area contributed by atoms with Gasteiger partial charge < -0.3 is 4.90 Å². The first kappa shape index (κ1) is 22.0.